The molecule has 0 aromatic heterocycles. The Kier molecular flexibility index (Phi) is 1.85. The molecule has 0 bridgehead atoms. The molecule has 1 aliphatic rings. The Morgan fingerprint density at radius 3 is 3.18 bits per heavy atom. The summed E-state index contributed by atoms with van der Waals surface area (Å²) in [7, 11) is 0. The van der Waals surface area contributed by atoms with Crippen LogP contribution in [0.5, 0.6) is 0 Å². The summed E-state index contributed by atoms with van der Waals surface area (Å²) in [6.07, 6.45) is 1.04. The lowest BCUT2D eigenvalue weighted by atomic mass is 10.1. The molecule has 0 amide bonds. The van der Waals surface area contributed by atoms with Crippen LogP contribution in [0.25, 0.3) is 0 Å². The number of nitrogens with one attached hydrogen (secondary N) is 1. The van der Waals surface area contributed by atoms with Crippen LogP contribution in [-0.4, -0.2) is 6.17 Å². The molecule has 1 unspecified atom stereocenters. The minimum atomic E-state index is 0.106. The van der Waals surface area contributed by atoms with Crippen molar-refractivity contribution in [1.29, 1.82) is 0 Å². The second kappa shape index (κ2) is 2.85. The predicted molar refractivity (Wildman–Crippen MR) is 47.1 cm³/mol. The Hall–Kier alpha value is -0.510. The fraction of sp³-hybridized carbons (Fsp3) is 0.250. The van der Waals surface area contributed by atoms with Crippen molar-refractivity contribution in [2.75, 3.05) is 0 Å². The standard InChI is InChI=1S/C8H10N2S/c9-8-5-6-3-1-2-4-7(6)11-10-8/h1-4,8,10H,5,9H2. The monoisotopic (exact) mass is 166 g/mol. The number of fused-ring (bicyclic) bond motifs is 1. The minimum absolute atomic E-state index is 0.106. The lowest BCUT2D eigenvalue weighted by Crippen LogP contribution is -2.37. The number of rotatable bonds is 0. The Morgan fingerprint density at radius 1 is 1.45 bits per heavy atom. The van der Waals surface area contributed by atoms with Gasteiger partial charge in [0.25, 0.3) is 0 Å². The van der Waals surface area contributed by atoms with Crippen molar-refractivity contribution in [3.05, 3.63) is 29.8 Å². The lowest BCUT2D eigenvalue weighted by Gasteiger charge is -2.21. The van der Waals surface area contributed by atoms with Gasteiger partial charge in [-0.2, -0.15) is 0 Å². The fourth-order valence-electron chi connectivity index (χ4n) is 1.19. The third kappa shape index (κ3) is 1.40. The van der Waals surface area contributed by atoms with E-state index in [0.717, 1.165) is 6.42 Å². The highest BCUT2D eigenvalue weighted by Gasteiger charge is 2.13. The van der Waals surface area contributed by atoms with E-state index in [2.05, 4.69) is 22.9 Å². The summed E-state index contributed by atoms with van der Waals surface area (Å²) < 4.78 is 3.13. The van der Waals surface area contributed by atoms with E-state index >= 15 is 0 Å². The molecule has 1 aromatic rings. The van der Waals surface area contributed by atoms with Crippen molar-refractivity contribution >= 4 is 11.9 Å². The van der Waals surface area contributed by atoms with Crippen LogP contribution in [0.4, 0.5) is 0 Å². The van der Waals surface area contributed by atoms with Gasteiger partial charge in [0.15, 0.2) is 0 Å². The quantitative estimate of drug-likeness (QED) is 0.567. The zero-order chi connectivity index (χ0) is 7.68. The van der Waals surface area contributed by atoms with Gasteiger partial charge in [-0.05, 0) is 23.6 Å². The van der Waals surface area contributed by atoms with Gasteiger partial charge in [-0.1, -0.05) is 18.2 Å². The first-order chi connectivity index (χ1) is 5.36. The van der Waals surface area contributed by atoms with E-state index in [1.54, 1.807) is 11.9 Å². The van der Waals surface area contributed by atoms with E-state index in [1.165, 1.54) is 10.5 Å². The van der Waals surface area contributed by atoms with Crippen LogP contribution in [0.2, 0.25) is 0 Å². The SMILES string of the molecule is NC1Cc2ccccc2SN1. The van der Waals surface area contributed by atoms with Crippen LogP contribution >= 0.6 is 11.9 Å². The molecule has 2 nitrogen and oxygen atoms in total. The van der Waals surface area contributed by atoms with E-state index in [1.807, 2.05) is 6.07 Å². The highest BCUT2D eigenvalue weighted by molar-refractivity contribution is 7.97. The molecule has 0 saturated heterocycles. The maximum absolute atomic E-state index is 5.72. The molecule has 1 heterocycles. The molecule has 1 atom stereocenters. The summed E-state index contributed by atoms with van der Waals surface area (Å²) in [5, 5.41) is 0. The van der Waals surface area contributed by atoms with Gasteiger partial charge in [-0.25, -0.2) is 4.72 Å². The third-order valence-corrected chi connectivity index (χ3v) is 2.77. The van der Waals surface area contributed by atoms with Crippen molar-refractivity contribution in [1.82, 2.24) is 4.72 Å². The van der Waals surface area contributed by atoms with E-state index in [9.17, 15) is 0 Å². The largest absolute Gasteiger partial charge is 0.315 e. The highest BCUT2D eigenvalue weighted by atomic mass is 32.2. The van der Waals surface area contributed by atoms with Gasteiger partial charge < -0.3 is 5.73 Å². The van der Waals surface area contributed by atoms with Gasteiger partial charge in [0, 0.05) is 11.3 Å². The number of hydrogen-bond donors (Lipinski definition) is 2. The molecule has 0 spiro atoms. The highest BCUT2D eigenvalue weighted by Crippen LogP contribution is 2.24. The zero-order valence-corrected chi connectivity index (χ0v) is 6.90. The lowest BCUT2D eigenvalue weighted by molar-refractivity contribution is 0.637. The molecule has 3 N–H and O–H groups in total. The Labute approximate surface area is 70.3 Å². The van der Waals surface area contributed by atoms with Crippen LogP contribution < -0.4 is 10.5 Å². The first kappa shape index (κ1) is 7.16. The van der Waals surface area contributed by atoms with Gasteiger partial charge in [-0.3, -0.25) is 0 Å². The fourth-order valence-corrected chi connectivity index (χ4v) is 1.98. The molecule has 0 radical (unpaired) electrons. The maximum atomic E-state index is 5.72. The average Bonchev–Trinajstić information content (AvgIpc) is 2.04. The summed E-state index contributed by atoms with van der Waals surface area (Å²) in [5.74, 6) is 0. The van der Waals surface area contributed by atoms with E-state index in [4.69, 9.17) is 5.73 Å². The van der Waals surface area contributed by atoms with Crippen LogP contribution in [-0.2, 0) is 6.42 Å². The molecule has 3 heteroatoms. The third-order valence-electron chi connectivity index (χ3n) is 1.73. The molecule has 58 valence electrons. The molecule has 0 saturated carbocycles. The Morgan fingerprint density at radius 2 is 2.27 bits per heavy atom. The first-order valence-electron chi connectivity index (χ1n) is 3.62. The van der Waals surface area contributed by atoms with Crippen molar-refractivity contribution in [2.24, 2.45) is 5.73 Å². The summed E-state index contributed by atoms with van der Waals surface area (Å²) in [6.45, 7) is 0. The first-order valence-corrected chi connectivity index (χ1v) is 4.44. The normalized spacial score (nSPS) is 22.8. The average molecular weight is 166 g/mol. The molecule has 0 fully saturated rings. The van der Waals surface area contributed by atoms with Crippen LogP contribution in [0.1, 0.15) is 5.56 Å². The molecule has 0 aliphatic carbocycles. The van der Waals surface area contributed by atoms with Crippen LogP contribution in [0, 0.1) is 0 Å². The van der Waals surface area contributed by atoms with Crippen molar-refractivity contribution in [2.45, 2.75) is 17.5 Å². The van der Waals surface area contributed by atoms with E-state index in [0.29, 0.717) is 0 Å². The second-order valence-electron chi connectivity index (χ2n) is 2.64. The number of hydrogen-bond acceptors (Lipinski definition) is 3. The second-order valence-corrected chi connectivity index (χ2v) is 3.52. The van der Waals surface area contributed by atoms with Crippen LogP contribution in [0.3, 0.4) is 0 Å². The summed E-state index contributed by atoms with van der Waals surface area (Å²) in [4.78, 5) is 1.30. The van der Waals surface area contributed by atoms with Gasteiger partial charge in [-0.15, -0.1) is 0 Å². The van der Waals surface area contributed by atoms with Crippen molar-refractivity contribution in [3.63, 3.8) is 0 Å². The molecular weight excluding hydrogens is 156 g/mol. The molecule has 11 heavy (non-hydrogen) atoms. The Balaban J connectivity index is 2.34. The van der Waals surface area contributed by atoms with Crippen molar-refractivity contribution in [3.8, 4) is 0 Å². The number of nitrogens with two attached hydrogens (primary N) is 1. The summed E-state index contributed by atoms with van der Waals surface area (Å²) in [6, 6.07) is 8.34. The topological polar surface area (TPSA) is 38.0 Å². The van der Waals surface area contributed by atoms with Crippen molar-refractivity contribution < 1.29 is 0 Å². The molecule has 2 rings (SSSR count). The van der Waals surface area contributed by atoms with Gasteiger partial charge in [0.05, 0.1) is 6.17 Å². The van der Waals surface area contributed by atoms with Gasteiger partial charge in [0.1, 0.15) is 0 Å². The molecule has 1 aliphatic heterocycles. The number of benzene rings is 1. The molecule has 1 aromatic carbocycles. The van der Waals surface area contributed by atoms with E-state index < -0.39 is 0 Å². The van der Waals surface area contributed by atoms with Gasteiger partial charge in [0.2, 0.25) is 0 Å². The smallest absolute Gasteiger partial charge is 0.0686 e. The predicted octanol–water partition coefficient (Wildman–Crippen LogP) is 1.12. The zero-order valence-electron chi connectivity index (χ0n) is 6.08. The van der Waals surface area contributed by atoms with E-state index in [-0.39, 0.29) is 6.17 Å². The summed E-state index contributed by atoms with van der Waals surface area (Å²) in [5.41, 5.74) is 7.07. The minimum Gasteiger partial charge on any atom is -0.315 e. The van der Waals surface area contributed by atoms with Gasteiger partial charge >= 0.3 is 0 Å². The molecular formula is C8H10N2S. The Bertz CT molecular complexity index is 262. The maximum Gasteiger partial charge on any atom is 0.0686 e. The summed E-state index contributed by atoms with van der Waals surface area (Å²) >= 11 is 1.62. The van der Waals surface area contributed by atoms with Crippen LogP contribution in [0.15, 0.2) is 29.2 Å².